The molecule has 7 rings (SSSR count). The highest BCUT2D eigenvalue weighted by molar-refractivity contribution is 5.89. The van der Waals surface area contributed by atoms with Crippen LogP contribution in [0.2, 0.25) is 0 Å². The first-order chi connectivity index (χ1) is 23.4. The van der Waals surface area contributed by atoms with E-state index in [1.807, 2.05) is 103 Å². The summed E-state index contributed by atoms with van der Waals surface area (Å²) in [6.45, 7) is 0. The van der Waals surface area contributed by atoms with Crippen LogP contribution >= 0.6 is 0 Å². The molecule has 0 aliphatic rings. The van der Waals surface area contributed by atoms with Crippen molar-refractivity contribution < 1.29 is 19.8 Å². The van der Waals surface area contributed by atoms with Crippen LogP contribution in [0.1, 0.15) is 20.7 Å². The minimum absolute atomic E-state index is 0.204. The Bertz CT molecular complexity index is 2110. The van der Waals surface area contributed by atoms with Gasteiger partial charge in [-0.15, -0.1) is 0 Å². The third kappa shape index (κ3) is 6.34. The van der Waals surface area contributed by atoms with Crippen LogP contribution in [-0.2, 0) is 0 Å². The number of aromatic carboxylic acids is 2. The van der Waals surface area contributed by atoms with Gasteiger partial charge in [0.25, 0.3) is 0 Å². The molecule has 2 N–H and O–H groups in total. The average molecular weight is 626 g/mol. The third-order valence-electron chi connectivity index (χ3n) is 7.99. The number of pyridine rings is 3. The Balaban J connectivity index is 1.35. The van der Waals surface area contributed by atoms with Gasteiger partial charge in [-0.25, -0.2) is 24.5 Å². The van der Waals surface area contributed by atoms with Crippen LogP contribution in [0, 0.1) is 0 Å². The first kappa shape index (κ1) is 30.0. The van der Waals surface area contributed by atoms with Gasteiger partial charge in [-0.05, 0) is 82.9 Å². The lowest BCUT2D eigenvalue weighted by molar-refractivity contribution is 0.0686. The Morgan fingerprint density at radius 3 is 1.06 bits per heavy atom. The van der Waals surface area contributed by atoms with E-state index in [1.54, 1.807) is 48.5 Å². The van der Waals surface area contributed by atoms with Gasteiger partial charge in [-0.1, -0.05) is 91.0 Å². The summed E-state index contributed by atoms with van der Waals surface area (Å²) in [6.07, 6.45) is 0. The van der Waals surface area contributed by atoms with Gasteiger partial charge in [0.2, 0.25) is 0 Å². The molecule has 7 heteroatoms. The van der Waals surface area contributed by atoms with Crippen LogP contribution in [0.15, 0.2) is 152 Å². The van der Waals surface area contributed by atoms with Crippen molar-refractivity contribution in [2.45, 2.75) is 0 Å². The molecule has 3 heterocycles. The highest BCUT2D eigenvalue weighted by Gasteiger charge is 2.15. The van der Waals surface area contributed by atoms with E-state index in [2.05, 4.69) is 0 Å². The first-order valence-electron chi connectivity index (χ1n) is 15.2. The zero-order valence-electron chi connectivity index (χ0n) is 25.5. The maximum absolute atomic E-state index is 11.5. The summed E-state index contributed by atoms with van der Waals surface area (Å²) < 4.78 is 0. The number of rotatable bonds is 8. The molecule has 7 aromatic rings. The predicted octanol–water partition coefficient (Wildman–Crippen LogP) is 9.27. The van der Waals surface area contributed by atoms with Crippen LogP contribution in [-0.4, -0.2) is 37.1 Å². The van der Waals surface area contributed by atoms with Crippen molar-refractivity contribution >= 4 is 11.9 Å². The van der Waals surface area contributed by atoms with E-state index in [-0.39, 0.29) is 11.1 Å². The summed E-state index contributed by atoms with van der Waals surface area (Å²) in [7, 11) is 0. The molecule has 48 heavy (non-hydrogen) atoms. The highest BCUT2D eigenvalue weighted by atomic mass is 16.4. The number of benzene rings is 4. The van der Waals surface area contributed by atoms with Gasteiger partial charge in [0, 0.05) is 11.1 Å². The zero-order valence-corrected chi connectivity index (χ0v) is 25.5. The summed E-state index contributed by atoms with van der Waals surface area (Å²) in [5, 5.41) is 18.8. The normalized spacial score (nSPS) is 10.8. The molecular weight excluding hydrogens is 598 g/mol. The Morgan fingerprint density at radius 1 is 0.333 bits per heavy atom. The Kier molecular flexibility index (Phi) is 8.08. The molecule has 0 radical (unpaired) electrons. The van der Waals surface area contributed by atoms with Crippen LogP contribution in [0.25, 0.3) is 67.5 Å². The van der Waals surface area contributed by atoms with Crippen molar-refractivity contribution in [1.82, 2.24) is 15.0 Å². The smallest absolute Gasteiger partial charge is 0.335 e. The van der Waals surface area contributed by atoms with Crippen LogP contribution < -0.4 is 0 Å². The highest BCUT2D eigenvalue weighted by Crippen LogP contribution is 2.33. The zero-order chi connectivity index (χ0) is 33.0. The van der Waals surface area contributed by atoms with Gasteiger partial charge in [0.1, 0.15) is 0 Å². The van der Waals surface area contributed by atoms with Crippen LogP contribution in [0.3, 0.4) is 0 Å². The minimum Gasteiger partial charge on any atom is -0.478 e. The van der Waals surface area contributed by atoms with Crippen molar-refractivity contribution in [3.05, 3.63) is 163 Å². The standard InChI is InChI=1S/C41H27N3O4/c45-40(46)30-18-14-28(15-19-30)36-22-32(26-8-3-1-4-9-26)24-38(43-36)34-12-7-13-35(42-34)39-25-33(27-10-5-2-6-11-27)23-37(44-39)29-16-20-31(21-17-29)41(47)48/h1-25H,(H,45,46)(H,47,48). The molecule has 230 valence electrons. The number of carboxylic acids is 2. The molecule has 0 spiro atoms. The molecule has 0 amide bonds. The Labute approximate surface area is 276 Å². The Hall–Kier alpha value is -6.73. The summed E-state index contributed by atoms with van der Waals surface area (Å²) in [5.74, 6) is -1.97. The molecule has 0 atom stereocenters. The molecular formula is C41H27N3O4. The van der Waals surface area contributed by atoms with E-state index in [9.17, 15) is 19.8 Å². The van der Waals surface area contributed by atoms with Gasteiger partial charge in [-0.2, -0.15) is 0 Å². The summed E-state index contributed by atoms with van der Waals surface area (Å²) in [4.78, 5) is 37.9. The average Bonchev–Trinajstić information content (AvgIpc) is 3.15. The molecule has 7 nitrogen and oxygen atoms in total. The monoisotopic (exact) mass is 625 g/mol. The lowest BCUT2D eigenvalue weighted by atomic mass is 10.00. The van der Waals surface area contributed by atoms with E-state index in [0.717, 1.165) is 33.4 Å². The maximum Gasteiger partial charge on any atom is 0.335 e. The first-order valence-corrected chi connectivity index (χ1v) is 15.2. The second-order valence-corrected chi connectivity index (χ2v) is 11.2. The van der Waals surface area contributed by atoms with E-state index < -0.39 is 11.9 Å². The SMILES string of the molecule is O=C(O)c1ccc(-c2cc(-c3ccccc3)cc(-c3cccc(-c4cc(-c5ccccc5)cc(-c5ccc(C(=O)O)cc5)n4)n3)n2)cc1. The molecule has 0 aliphatic carbocycles. The fraction of sp³-hybridized carbons (Fsp3) is 0. The number of aromatic nitrogens is 3. The summed E-state index contributed by atoms with van der Waals surface area (Å²) >= 11 is 0. The second-order valence-electron chi connectivity index (χ2n) is 11.2. The minimum atomic E-state index is -0.986. The lowest BCUT2D eigenvalue weighted by Crippen LogP contribution is -1.98. The van der Waals surface area contributed by atoms with Gasteiger partial charge >= 0.3 is 11.9 Å². The number of nitrogens with zero attached hydrogens (tertiary/aromatic N) is 3. The quantitative estimate of drug-likeness (QED) is 0.173. The van der Waals surface area contributed by atoms with Crippen LogP contribution in [0.4, 0.5) is 0 Å². The number of carboxylic acid groups (broad SMARTS) is 2. The summed E-state index contributed by atoms with van der Waals surface area (Å²) in [6, 6.07) is 47.0. The van der Waals surface area contributed by atoms with Crippen molar-refractivity contribution in [3.8, 4) is 67.5 Å². The number of hydrogen-bond acceptors (Lipinski definition) is 5. The van der Waals surface area contributed by atoms with Gasteiger partial charge < -0.3 is 10.2 Å². The fourth-order valence-corrected chi connectivity index (χ4v) is 5.50. The van der Waals surface area contributed by atoms with Gasteiger partial charge in [-0.3, -0.25) is 0 Å². The van der Waals surface area contributed by atoms with Crippen LogP contribution in [0.5, 0.6) is 0 Å². The molecule has 0 saturated heterocycles. The molecule has 0 bridgehead atoms. The van der Waals surface area contributed by atoms with Crippen molar-refractivity contribution in [2.75, 3.05) is 0 Å². The topological polar surface area (TPSA) is 113 Å². The van der Waals surface area contributed by atoms with Gasteiger partial charge in [0.05, 0.1) is 45.3 Å². The molecule has 3 aromatic heterocycles. The number of hydrogen-bond donors (Lipinski definition) is 2. The predicted molar refractivity (Wildman–Crippen MR) is 186 cm³/mol. The van der Waals surface area contributed by atoms with E-state index in [0.29, 0.717) is 34.2 Å². The molecule has 0 unspecified atom stereocenters. The lowest BCUT2D eigenvalue weighted by Gasteiger charge is -2.12. The second kappa shape index (κ2) is 12.9. The summed E-state index contributed by atoms with van der Waals surface area (Å²) in [5.41, 5.74) is 9.86. The van der Waals surface area contributed by atoms with Crippen molar-refractivity contribution in [2.24, 2.45) is 0 Å². The maximum atomic E-state index is 11.5. The molecule has 0 fully saturated rings. The fourth-order valence-electron chi connectivity index (χ4n) is 5.50. The van der Waals surface area contributed by atoms with E-state index in [4.69, 9.17) is 15.0 Å². The molecule has 0 aliphatic heterocycles. The largest absolute Gasteiger partial charge is 0.478 e. The Morgan fingerprint density at radius 2 is 0.688 bits per heavy atom. The van der Waals surface area contributed by atoms with Crippen molar-refractivity contribution in [1.29, 1.82) is 0 Å². The molecule has 0 saturated carbocycles. The van der Waals surface area contributed by atoms with E-state index >= 15 is 0 Å². The molecule has 4 aromatic carbocycles. The van der Waals surface area contributed by atoms with Gasteiger partial charge in [0.15, 0.2) is 0 Å². The third-order valence-corrected chi connectivity index (χ3v) is 7.99. The number of carbonyl (C=O) groups is 2. The van der Waals surface area contributed by atoms with Crippen molar-refractivity contribution in [3.63, 3.8) is 0 Å². The van der Waals surface area contributed by atoms with E-state index in [1.165, 1.54) is 0 Å².